The molecule has 0 aromatic heterocycles. The molecule has 0 saturated carbocycles. The Morgan fingerprint density at radius 1 is 1.45 bits per heavy atom. The third-order valence-electron chi connectivity index (χ3n) is 3.60. The van der Waals surface area contributed by atoms with Crippen molar-refractivity contribution in [2.24, 2.45) is 5.92 Å². The Morgan fingerprint density at radius 2 is 2.18 bits per heavy atom. The molecule has 7 heteroatoms. The van der Waals surface area contributed by atoms with Crippen LogP contribution in [0.1, 0.15) is 19.8 Å². The lowest BCUT2D eigenvalue weighted by molar-refractivity contribution is -0.132. The lowest BCUT2D eigenvalue weighted by Gasteiger charge is -2.17. The van der Waals surface area contributed by atoms with Crippen molar-refractivity contribution < 1.29 is 14.7 Å². The number of hydrogen-bond donors (Lipinski definition) is 2. The number of aliphatic hydroxyl groups is 1. The Balaban J connectivity index is 2.00. The summed E-state index contributed by atoms with van der Waals surface area (Å²) >= 11 is 11.8. The number of aliphatic hydroxyl groups excluding tert-OH is 1. The van der Waals surface area contributed by atoms with Crippen molar-refractivity contribution in [1.82, 2.24) is 5.32 Å². The van der Waals surface area contributed by atoms with Gasteiger partial charge in [0.25, 0.3) is 0 Å². The maximum absolute atomic E-state index is 12.4. The number of amides is 2. The molecule has 1 aromatic rings. The molecular weight excluding hydrogens is 327 g/mol. The second-order valence-corrected chi connectivity index (χ2v) is 6.17. The van der Waals surface area contributed by atoms with Gasteiger partial charge in [0.2, 0.25) is 11.8 Å². The maximum atomic E-state index is 12.4. The summed E-state index contributed by atoms with van der Waals surface area (Å²) in [5.74, 6) is -1.23. The van der Waals surface area contributed by atoms with E-state index in [4.69, 9.17) is 23.2 Å². The standard InChI is InChI=1S/C15H18Cl2N2O3/c1-9(20)4-6-18-14(21)11-5-7-19(15(11)22)10-2-3-12(16)13(17)8-10/h2-3,8-9,11,20H,4-7H2,1H3,(H,18,21). The third-order valence-corrected chi connectivity index (χ3v) is 4.34. The predicted octanol–water partition coefficient (Wildman–Crippen LogP) is 2.23. The zero-order valence-corrected chi connectivity index (χ0v) is 13.7. The van der Waals surface area contributed by atoms with Crippen LogP contribution in [0.15, 0.2) is 18.2 Å². The molecular formula is C15H18Cl2N2O3. The first-order valence-corrected chi connectivity index (χ1v) is 7.88. The molecule has 1 heterocycles. The summed E-state index contributed by atoms with van der Waals surface area (Å²) in [7, 11) is 0. The molecule has 0 radical (unpaired) electrons. The highest BCUT2D eigenvalue weighted by molar-refractivity contribution is 6.42. The molecule has 2 atom stereocenters. The Hall–Kier alpha value is -1.30. The molecule has 1 aliphatic rings. The van der Waals surface area contributed by atoms with Gasteiger partial charge in [0, 0.05) is 18.8 Å². The van der Waals surface area contributed by atoms with Crippen molar-refractivity contribution in [2.45, 2.75) is 25.9 Å². The molecule has 2 unspecified atom stereocenters. The molecule has 2 N–H and O–H groups in total. The molecule has 22 heavy (non-hydrogen) atoms. The fourth-order valence-electron chi connectivity index (χ4n) is 2.36. The van der Waals surface area contributed by atoms with Crippen LogP contribution in [0.25, 0.3) is 0 Å². The van der Waals surface area contributed by atoms with E-state index in [9.17, 15) is 14.7 Å². The van der Waals surface area contributed by atoms with Crippen molar-refractivity contribution in [1.29, 1.82) is 0 Å². The van der Waals surface area contributed by atoms with Gasteiger partial charge in [0.05, 0.1) is 16.1 Å². The first-order valence-electron chi connectivity index (χ1n) is 7.12. The van der Waals surface area contributed by atoms with Gasteiger partial charge < -0.3 is 15.3 Å². The van der Waals surface area contributed by atoms with Gasteiger partial charge in [0.1, 0.15) is 5.92 Å². The van der Waals surface area contributed by atoms with Crippen LogP contribution in [0.2, 0.25) is 10.0 Å². The van der Waals surface area contributed by atoms with E-state index in [0.29, 0.717) is 41.7 Å². The van der Waals surface area contributed by atoms with Gasteiger partial charge in [0.15, 0.2) is 0 Å². The second-order valence-electron chi connectivity index (χ2n) is 5.36. The van der Waals surface area contributed by atoms with E-state index in [1.807, 2.05) is 0 Å². The molecule has 120 valence electrons. The van der Waals surface area contributed by atoms with Crippen LogP contribution < -0.4 is 10.2 Å². The number of rotatable bonds is 5. The topological polar surface area (TPSA) is 69.6 Å². The number of carbonyl (C=O) groups excluding carboxylic acids is 2. The van der Waals surface area contributed by atoms with E-state index in [1.165, 1.54) is 0 Å². The fraction of sp³-hybridized carbons (Fsp3) is 0.467. The predicted molar refractivity (Wildman–Crippen MR) is 86.2 cm³/mol. The molecule has 1 aliphatic heterocycles. The van der Waals surface area contributed by atoms with E-state index < -0.39 is 12.0 Å². The van der Waals surface area contributed by atoms with Gasteiger partial charge in [-0.05, 0) is 38.0 Å². The Labute approximate surface area is 139 Å². The van der Waals surface area contributed by atoms with Gasteiger partial charge >= 0.3 is 0 Å². The molecule has 1 aromatic carbocycles. The minimum atomic E-state index is -0.691. The maximum Gasteiger partial charge on any atom is 0.239 e. The molecule has 0 spiro atoms. The Morgan fingerprint density at radius 3 is 2.82 bits per heavy atom. The summed E-state index contributed by atoms with van der Waals surface area (Å²) < 4.78 is 0. The van der Waals surface area contributed by atoms with Gasteiger partial charge in [-0.1, -0.05) is 23.2 Å². The number of benzene rings is 1. The van der Waals surface area contributed by atoms with Crippen LogP contribution in [-0.2, 0) is 9.59 Å². The first kappa shape index (κ1) is 17.1. The molecule has 0 aliphatic carbocycles. The van der Waals surface area contributed by atoms with Crippen molar-refractivity contribution in [3.8, 4) is 0 Å². The van der Waals surface area contributed by atoms with Crippen LogP contribution in [-0.4, -0.2) is 36.1 Å². The Kier molecular flexibility index (Phi) is 5.67. The number of nitrogens with one attached hydrogen (secondary N) is 1. The van der Waals surface area contributed by atoms with Gasteiger partial charge in [-0.2, -0.15) is 0 Å². The number of carbonyl (C=O) groups is 2. The monoisotopic (exact) mass is 344 g/mol. The number of anilines is 1. The molecule has 5 nitrogen and oxygen atoms in total. The normalized spacial score (nSPS) is 19.4. The zero-order valence-electron chi connectivity index (χ0n) is 12.2. The summed E-state index contributed by atoms with van der Waals surface area (Å²) in [5.41, 5.74) is 0.638. The molecule has 1 fully saturated rings. The SMILES string of the molecule is CC(O)CCNC(=O)C1CCN(c2ccc(Cl)c(Cl)c2)C1=O. The van der Waals surface area contributed by atoms with E-state index in [0.717, 1.165) is 0 Å². The van der Waals surface area contributed by atoms with Crippen LogP contribution >= 0.6 is 23.2 Å². The van der Waals surface area contributed by atoms with E-state index >= 15 is 0 Å². The molecule has 0 bridgehead atoms. The highest BCUT2D eigenvalue weighted by Gasteiger charge is 2.37. The minimum Gasteiger partial charge on any atom is -0.393 e. The lowest BCUT2D eigenvalue weighted by atomic mass is 10.1. The molecule has 2 amide bonds. The smallest absolute Gasteiger partial charge is 0.239 e. The lowest BCUT2D eigenvalue weighted by Crippen LogP contribution is -2.37. The first-order chi connectivity index (χ1) is 10.4. The number of halogens is 2. The highest BCUT2D eigenvalue weighted by atomic mass is 35.5. The number of hydrogen-bond acceptors (Lipinski definition) is 3. The van der Waals surface area contributed by atoms with Crippen LogP contribution in [0.4, 0.5) is 5.69 Å². The van der Waals surface area contributed by atoms with Gasteiger partial charge in [-0.3, -0.25) is 9.59 Å². The summed E-state index contributed by atoms with van der Waals surface area (Å²) in [6.45, 7) is 2.47. The minimum absolute atomic E-state index is 0.243. The summed E-state index contributed by atoms with van der Waals surface area (Å²) in [5, 5.41) is 12.7. The van der Waals surface area contributed by atoms with E-state index in [-0.39, 0.29) is 11.8 Å². The van der Waals surface area contributed by atoms with Crippen molar-refractivity contribution >= 4 is 40.7 Å². The number of nitrogens with zero attached hydrogens (tertiary/aromatic N) is 1. The molecule has 2 rings (SSSR count). The molecule has 1 saturated heterocycles. The largest absolute Gasteiger partial charge is 0.393 e. The average Bonchev–Trinajstić information content (AvgIpc) is 2.83. The van der Waals surface area contributed by atoms with Crippen LogP contribution in [0.3, 0.4) is 0 Å². The Bertz CT molecular complexity index is 578. The van der Waals surface area contributed by atoms with E-state index in [2.05, 4.69) is 5.32 Å². The zero-order chi connectivity index (χ0) is 16.3. The highest BCUT2D eigenvalue weighted by Crippen LogP contribution is 2.31. The average molecular weight is 345 g/mol. The van der Waals surface area contributed by atoms with Crippen molar-refractivity contribution in [2.75, 3.05) is 18.0 Å². The van der Waals surface area contributed by atoms with E-state index in [1.54, 1.807) is 30.0 Å². The summed E-state index contributed by atoms with van der Waals surface area (Å²) in [6.07, 6.45) is 0.440. The summed E-state index contributed by atoms with van der Waals surface area (Å²) in [4.78, 5) is 26.0. The van der Waals surface area contributed by atoms with Crippen LogP contribution in [0, 0.1) is 5.92 Å². The summed E-state index contributed by atoms with van der Waals surface area (Å²) in [6, 6.07) is 4.96. The van der Waals surface area contributed by atoms with Gasteiger partial charge in [-0.25, -0.2) is 0 Å². The van der Waals surface area contributed by atoms with Crippen molar-refractivity contribution in [3.63, 3.8) is 0 Å². The third kappa shape index (κ3) is 3.91. The quantitative estimate of drug-likeness (QED) is 0.804. The van der Waals surface area contributed by atoms with Gasteiger partial charge in [-0.15, -0.1) is 0 Å². The van der Waals surface area contributed by atoms with Crippen molar-refractivity contribution in [3.05, 3.63) is 28.2 Å². The van der Waals surface area contributed by atoms with Crippen LogP contribution in [0.5, 0.6) is 0 Å². The fourth-order valence-corrected chi connectivity index (χ4v) is 2.65. The second kappa shape index (κ2) is 7.31.